The number of nitrogens with two attached hydrogens (primary N) is 3. The number of amides is 5. The number of carbonyl (C=O) groups is 3. The number of carbonyl (C=O) groups excluding carboxylic acids is 3. The molecule has 16 heteroatoms. The van der Waals surface area contributed by atoms with Crippen LogP contribution in [0.2, 0.25) is 0 Å². The van der Waals surface area contributed by atoms with Crippen LogP contribution in [0.15, 0.2) is 12.4 Å². The first-order valence-electron chi connectivity index (χ1n) is 21.2. The van der Waals surface area contributed by atoms with Crippen LogP contribution in [0.3, 0.4) is 0 Å². The molecule has 2 aliphatic heterocycles. The van der Waals surface area contributed by atoms with Gasteiger partial charge in [0.15, 0.2) is 11.3 Å². The van der Waals surface area contributed by atoms with E-state index < -0.39 is 11.4 Å². The highest BCUT2D eigenvalue weighted by molar-refractivity contribution is 5.93. The lowest BCUT2D eigenvalue weighted by molar-refractivity contribution is -0.133. The standard InChI is InChI=1S/C41H61N13O3/c1-5-32-28(34(30-23-45-53(7-3)36(30)49-32)47-26-12-17-51(18-13-26)39(43)56)21-25-11-9-10-16-41(25,38(42)55)22-29-33(6-2)50-37-31(24-46-54(37)8-4)35(29)48-27-14-19-52(20-15-27)40(44)57/h23-27H,5-22H2,1-4H3,(H2,42,55)(H2,43,56)(H2,44,57)(H,47,49)(H,48,50). The molecule has 0 spiro atoms. The summed E-state index contributed by atoms with van der Waals surface area (Å²) in [4.78, 5) is 52.1. The topological polar surface area (TPSA) is 221 Å². The van der Waals surface area contributed by atoms with E-state index >= 15 is 0 Å². The summed E-state index contributed by atoms with van der Waals surface area (Å²) in [5, 5.41) is 19.2. The Morgan fingerprint density at radius 2 is 1.18 bits per heavy atom. The molecule has 0 aromatic carbocycles. The number of hydrogen-bond donors (Lipinski definition) is 5. The van der Waals surface area contributed by atoms with Gasteiger partial charge in [0.05, 0.1) is 40.0 Å². The summed E-state index contributed by atoms with van der Waals surface area (Å²) in [5.41, 5.74) is 24.8. The summed E-state index contributed by atoms with van der Waals surface area (Å²) in [5.74, 6) is -0.337. The first-order chi connectivity index (χ1) is 27.5. The van der Waals surface area contributed by atoms with Crippen LogP contribution in [-0.4, -0.2) is 95.6 Å². The third-order valence-electron chi connectivity index (χ3n) is 13.2. The Labute approximate surface area is 334 Å². The Morgan fingerprint density at radius 3 is 1.61 bits per heavy atom. The highest BCUT2D eigenvalue weighted by atomic mass is 16.2. The minimum absolute atomic E-state index is 0.0581. The zero-order valence-corrected chi connectivity index (χ0v) is 34.1. The lowest BCUT2D eigenvalue weighted by Crippen LogP contribution is -2.48. The SMILES string of the molecule is CCc1nc2c(cnn2CC)c(NC2CCN(C(N)=O)CC2)c1CC1CCCCC1(Cc1c(CC)nc2c(cnn2CC)c1NC1CCN(C(N)=O)CC1)C(N)=O. The molecule has 5 amide bonds. The first-order valence-corrected chi connectivity index (χ1v) is 21.2. The van der Waals surface area contributed by atoms with Crippen LogP contribution in [0.1, 0.15) is 102 Å². The van der Waals surface area contributed by atoms with Gasteiger partial charge in [-0.05, 0) is 95.1 Å². The molecule has 3 aliphatic rings. The van der Waals surface area contributed by atoms with Crippen molar-refractivity contribution >= 4 is 51.4 Å². The molecule has 2 saturated heterocycles. The number of fused-ring (bicyclic) bond motifs is 2. The smallest absolute Gasteiger partial charge is 0.314 e. The van der Waals surface area contributed by atoms with Gasteiger partial charge in [-0.2, -0.15) is 10.2 Å². The fourth-order valence-corrected chi connectivity index (χ4v) is 9.85. The third-order valence-corrected chi connectivity index (χ3v) is 13.2. The minimum Gasteiger partial charge on any atom is -0.381 e. The molecule has 6 heterocycles. The molecule has 0 bridgehead atoms. The molecule has 2 unspecified atom stereocenters. The van der Waals surface area contributed by atoms with Crippen LogP contribution in [0, 0.1) is 11.3 Å². The fraction of sp³-hybridized carbons (Fsp3) is 0.634. The number of hydrogen-bond acceptors (Lipinski definition) is 9. The van der Waals surface area contributed by atoms with Gasteiger partial charge >= 0.3 is 12.1 Å². The van der Waals surface area contributed by atoms with Gasteiger partial charge in [0.2, 0.25) is 5.91 Å². The van der Waals surface area contributed by atoms with Gasteiger partial charge in [0, 0.05) is 62.7 Å². The molecular formula is C41H61N13O3. The van der Waals surface area contributed by atoms with Crippen molar-refractivity contribution in [3.8, 4) is 0 Å². The van der Waals surface area contributed by atoms with Crippen LogP contribution >= 0.6 is 0 Å². The summed E-state index contributed by atoms with van der Waals surface area (Å²) in [6, 6.07) is -0.547. The number of urea groups is 2. The number of pyridine rings is 2. The zero-order chi connectivity index (χ0) is 40.4. The van der Waals surface area contributed by atoms with E-state index in [0.717, 1.165) is 107 Å². The maximum absolute atomic E-state index is 14.3. The largest absolute Gasteiger partial charge is 0.381 e. The fourth-order valence-electron chi connectivity index (χ4n) is 9.85. The average molecular weight is 784 g/mol. The van der Waals surface area contributed by atoms with Gasteiger partial charge in [-0.3, -0.25) is 4.79 Å². The van der Waals surface area contributed by atoms with Gasteiger partial charge in [0.25, 0.3) is 0 Å². The first kappa shape index (κ1) is 40.1. The highest BCUT2D eigenvalue weighted by Gasteiger charge is 2.47. The second-order valence-corrected chi connectivity index (χ2v) is 16.3. The Morgan fingerprint density at radius 1 is 0.702 bits per heavy atom. The molecule has 57 heavy (non-hydrogen) atoms. The lowest BCUT2D eigenvalue weighted by atomic mass is 9.60. The van der Waals surface area contributed by atoms with E-state index in [2.05, 4.69) is 38.3 Å². The number of likely N-dealkylation sites (tertiary alicyclic amines) is 2. The normalized spacial score (nSPS) is 21.0. The van der Waals surface area contributed by atoms with E-state index in [9.17, 15) is 14.4 Å². The molecule has 8 N–H and O–H groups in total. The summed E-state index contributed by atoms with van der Waals surface area (Å²) in [6.45, 7) is 12.1. The number of rotatable bonds is 13. The third kappa shape index (κ3) is 7.66. The van der Waals surface area contributed by atoms with Crippen molar-refractivity contribution in [3.63, 3.8) is 0 Å². The molecule has 16 nitrogen and oxygen atoms in total. The number of aromatic nitrogens is 6. The maximum Gasteiger partial charge on any atom is 0.314 e. The van der Waals surface area contributed by atoms with E-state index in [4.69, 9.17) is 37.4 Å². The van der Waals surface area contributed by atoms with Crippen molar-refractivity contribution in [2.24, 2.45) is 28.5 Å². The zero-order valence-electron chi connectivity index (χ0n) is 34.1. The molecule has 308 valence electrons. The van der Waals surface area contributed by atoms with Crippen LogP contribution < -0.4 is 27.8 Å². The Bertz CT molecular complexity index is 2110. The van der Waals surface area contributed by atoms with Crippen molar-refractivity contribution < 1.29 is 14.4 Å². The van der Waals surface area contributed by atoms with Crippen molar-refractivity contribution in [2.45, 2.75) is 130 Å². The van der Waals surface area contributed by atoms with Gasteiger partial charge < -0.3 is 37.6 Å². The molecule has 4 aromatic rings. The number of anilines is 2. The Hall–Kier alpha value is -5.15. The van der Waals surface area contributed by atoms with Crippen LogP contribution in [0.4, 0.5) is 21.0 Å². The van der Waals surface area contributed by atoms with E-state index in [0.29, 0.717) is 65.0 Å². The summed E-state index contributed by atoms with van der Waals surface area (Å²) in [6.07, 6.45) is 12.8. The van der Waals surface area contributed by atoms with Crippen molar-refractivity contribution in [1.29, 1.82) is 0 Å². The molecule has 3 fully saturated rings. The second kappa shape index (κ2) is 16.8. The average Bonchev–Trinajstić information content (AvgIpc) is 3.83. The van der Waals surface area contributed by atoms with Gasteiger partial charge in [0.1, 0.15) is 0 Å². The van der Waals surface area contributed by atoms with E-state index in [-0.39, 0.29) is 29.9 Å². The monoisotopic (exact) mass is 784 g/mol. The van der Waals surface area contributed by atoms with Crippen LogP contribution in [0.5, 0.6) is 0 Å². The van der Waals surface area contributed by atoms with Crippen LogP contribution in [0.25, 0.3) is 22.1 Å². The van der Waals surface area contributed by atoms with E-state index in [1.807, 2.05) is 21.8 Å². The molecule has 1 saturated carbocycles. The predicted octanol–water partition coefficient (Wildman–Crippen LogP) is 4.70. The minimum atomic E-state index is -0.846. The Kier molecular flexibility index (Phi) is 11.8. The van der Waals surface area contributed by atoms with Crippen molar-refractivity contribution in [3.05, 3.63) is 34.9 Å². The molecule has 2 atom stereocenters. The molecule has 7 rings (SSSR count). The van der Waals surface area contributed by atoms with Crippen molar-refractivity contribution in [1.82, 2.24) is 39.3 Å². The summed E-state index contributed by atoms with van der Waals surface area (Å²) < 4.78 is 3.87. The van der Waals surface area contributed by atoms with Crippen LogP contribution in [-0.2, 0) is 43.6 Å². The van der Waals surface area contributed by atoms with Gasteiger partial charge in [-0.1, -0.05) is 26.7 Å². The number of piperidine rings is 2. The highest BCUT2D eigenvalue weighted by Crippen LogP contribution is 2.49. The maximum atomic E-state index is 14.3. The van der Waals surface area contributed by atoms with E-state index in [1.54, 1.807) is 9.80 Å². The van der Waals surface area contributed by atoms with Crippen molar-refractivity contribution in [2.75, 3.05) is 36.8 Å². The number of nitrogens with one attached hydrogen (secondary N) is 2. The Balaban J connectivity index is 1.30. The summed E-state index contributed by atoms with van der Waals surface area (Å²) in [7, 11) is 0. The quantitative estimate of drug-likeness (QED) is 0.127. The summed E-state index contributed by atoms with van der Waals surface area (Å²) >= 11 is 0. The molecule has 4 aromatic heterocycles. The van der Waals surface area contributed by atoms with E-state index in [1.165, 1.54) is 0 Å². The second-order valence-electron chi connectivity index (χ2n) is 16.3. The predicted molar refractivity (Wildman–Crippen MR) is 222 cm³/mol. The number of primary amides is 3. The number of nitrogens with zero attached hydrogens (tertiary/aromatic N) is 8. The number of aryl methyl sites for hydroxylation is 4. The molecular weight excluding hydrogens is 723 g/mol. The van der Waals surface area contributed by atoms with Gasteiger partial charge in [-0.15, -0.1) is 0 Å². The molecule has 1 aliphatic carbocycles. The molecule has 0 radical (unpaired) electrons. The lowest BCUT2D eigenvalue weighted by Gasteiger charge is -2.43. The van der Waals surface area contributed by atoms with Gasteiger partial charge in [-0.25, -0.2) is 28.9 Å².